The van der Waals surface area contributed by atoms with Gasteiger partial charge in [-0.25, -0.2) is 0 Å². The Hall–Kier alpha value is -2.41. The lowest BCUT2D eigenvalue weighted by molar-refractivity contribution is -0.134. The number of nitrogens with zero attached hydrogens (tertiary/aromatic N) is 2. The van der Waals surface area contributed by atoms with E-state index in [1.54, 1.807) is 11.8 Å². The fourth-order valence-electron chi connectivity index (χ4n) is 4.32. The monoisotopic (exact) mass is 400 g/mol. The SMILES string of the molecule is CC(=O)N1CCC(C(=O)NCc2cccc(CN3CCCC(C(N)=O)C3)c2)CC1. The van der Waals surface area contributed by atoms with Crippen molar-refractivity contribution < 1.29 is 14.4 Å². The Morgan fingerprint density at radius 1 is 1.07 bits per heavy atom. The summed E-state index contributed by atoms with van der Waals surface area (Å²) >= 11 is 0. The maximum Gasteiger partial charge on any atom is 0.223 e. The molecular formula is C22H32N4O3. The molecule has 7 nitrogen and oxygen atoms in total. The van der Waals surface area contributed by atoms with E-state index in [1.807, 2.05) is 12.1 Å². The van der Waals surface area contributed by atoms with Crippen LogP contribution in [0.4, 0.5) is 0 Å². The number of hydrogen-bond acceptors (Lipinski definition) is 4. The summed E-state index contributed by atoms with van der Waals surface area (Å²) in [6.45, 7) is 5.87. The van der Waals surface area contributed by atoms with E-state index >= 15 is 0 Å². The predicted octanol–water partition coefficient (Wildman–Crippen LogP) is 1.26. The van der Waals surface area contributed by atoms with Crippen molar-refractivity contribution in [1.29, 1.82) is 0 Å². The molecule has 1 unspecified atom stereocenters. The molecule has 0 saturated carbocycles. The molecule has 0 aliphatic carbocycles. The number of carbonyl (C=O) groups excluding carboxylic acids is 3. The normalized spacial score (nSPS) is 21.0. The molecule has 0 spiro atoms. The highest BCUT2D eigenvalue weighted by atomic mass is 16.2. The van der Waals surface area contributed by atoms with E-state index in [1.165, 1.54) is 5.56 Å². The molecule has 29 heavy (non-hydrogen) atoms. The predicted molar refractivity (Wildman–Crippen MR) is 110 cm³/mol. The third-order valence-electron chi connectivity index (χ3n) is 6.08. The van der Waals surface area contributed by atoms with Gasteiger partial charge >= 0.3 is 0 Å². The molecule has 0 aromatic heterocycles. The minimum atomic E-state index is -0.208. The molecule has 3 rings (SSSR count). The summed E-state index contributed by atoms with van der Waals surface area (Å²) in [5.41, 5.74) is 7.72. The van der Waals surface area contributed by atoms with Gasteiger partial charge in [0.1, 0.15) is 0 Å². The zero-order valence-corrected chi connectivity index (χ0v) is 17.2. The summed E-state index contributed by atoms with van der Waals surface area (Å²) in [6.07, 6.45) is 3.32. The van der Waals surface area contributed by atoms with Crippen LogP contribution in [-0.4, -0.2) is 53.7 Å². The van der Waals surface area contributed by atoms with Crippen molar-refractivity contribution in [2.75, 3.05) is 26.2 Å². The highest BCUT2D eigenvalue weighted by Crippen LogP contribution is 2.20. The first-order chi connectivity index (χ1) is 13.9. The topological polar surface area (TPSA) is 95.7 Å². The van der Waals surface area contributed by atoms with Crippen LogP contribution in [0.3, 0.4) is 0 Å². The van der Waals surface area contributed by atoms with Crippen molar-refractivity contribution in [3.8, 4) is 0 Å². The Kier molecular flexibility index (Phi) is 7.25. The molecule has 2 aliphatic rings. The van der Waals surface area contributed by atoms with E-state index in [4.69, 9.17) is 5.73 Å². The largest absolute Gasteiger partial charge is 0.369 e. The molecule has 1 aromatic rings. The maximum absolute atomic E-state index is 12.5. The number of piperidine rings is 2. The van der Waals surface area contributed by atoms with Crippen LogP contribution in [-0.2, 0) is 27.5 Å². The molecule has 0 radical (unpaired) electrons. The number of nitrogens with one attached hydrogen (secondary N) is 1. The highest BCUT2D eigenvalue weighted by Gasteiger charge is 2.26. The van der Waals surface area contributed by atoms with Crippen molar-refractivity contribution in [3.63, 3.8) is 0 Å². The first-order valence-corrected chi connectivity index (χ1v) is 10.5. The molecule has 2 aliphatic heterocycles. The van der Waals surface area contributed by atoms with E-state index in [9.17, 15) is 14.4 Å². The second-order valence-electron chi connectivity index (χ2n) is 8.29. The molecule has 0 bridgehead atoms. The van der Waals surface area contributed by atoms with Crippen LogP contribution in [0.2, 0.25) is 0 Å². The Balaban J connectivity index is 1.48. The van der Waals surface area contributed by atoms with Gasteiger partial charge < -0.3 is 16.0 Å². The zero-order valence-electron chi connectivity index (χ0n) is 17.2. The van der Waals surface area contributed by atoms with Gasteiger partial charge in [-0.2, -0.15) is 0 Å². The first kappa shape index (κ1) is 21.3. The van der Waals surface area contributed by atoms with Crippen LogP contribution in [0, 0.1) is 11.8 Å². The molecule has 1 atom stereocenters. The maximum atomic E-state index is 12.5. The Labute approximate surface area is 172 Å². The number of carbonyl (C=O) groups is 3. The van der Waals surface area contributed by atoms with Crippen LogP contribution in [0.25, 0.3) is 0 Å². The number of primary amides is 1. The molecule has 2 fully saturated rings. The second kappa shape index (κ2) is 9.87. The number of benzene rings is 1. The lowest BCUT2D eigenvalue weighted by Gasteiger charge is -2.31. The summed E-state index contributed by atoms with van der Waals surface area (Å²) < 4.78 is 0. The zero-order chi connectivity index (χ0) is 20.8. The average molecular weight is 401 g/mol. The number of amides is 3. The minimum absolute atomic E-state index is 0.0205. The number of likely N-dealkylation sites (tertiary alicyclic amines) is 2. The quantitative estimate of drug-likeness (QED) is 0.751. The lowest BCUT2D eigenvalue weighted by Crippen LogP contribution is -2.42. The highest BCUT2D eigenvalue weighted by molar-refractivity contribution is 5.79. The van der Waals surface area contributed by atoms with Gasteiger partial charge in [-0.1, -0.05) is 24.3 Å². The smallest absolute Gasteiger partial charge is 0.223 e. The van der Waals surface area contributed by atoms with Crippen LogP contribution in [0.15, 0.2) is 24.3 Å². The molecule has 158 valence electrons. The Morgan fingerprint density at radius 2 is 1.79 bits per heavy atom. The van der Waals surface area contributed by atoms with Gasteiger partial charge in [0.2, 0.25) is 17.7 Å². The van der Waals surface area contributed by atoms with Crippen LogP contribution in [0.1, 0.15) is 43.7 Å². The number of hydrogen-bond donors (Lipinski definition) is 2. The van der Waals surface area contributed by atoms with Gasteiger partial charge in [0, 0.05) is 45.6 Å². The van der Waals surface area contributed by atoms with Crippen molar-refractivity contribution in [2.45, 2.75) is 45.7 Å². The number of rotatable bonds is 6. The average Bonchev–Trinajstić information content (AvgIpc) is 2.72. The molecular weight excluding hydrogens is 368 g/mol. The van der Waals surface area contributed by atoms with E-state index in [2.05, 4.69) is 22.3 Å². The van der Waals surface area contributed by atoms with Gasteiger partial charge in [0.25, 0.3) is 0 Å². The fraction of sp³-hybridized carbons (Fsp3) is 0.591. The van der Waals surface area contributed by atoms with E-state index in [0.29, 0.717) is 19.6 Å². The standard InChI is InChI=1S/C22H32N4O3/c1-16(27)26-10-7-19(8-11-26)22(29)24-13-17-4-2-5-18(12-17)14-25-9-3-6-20(15-25)21(23)28/h2,4-5,12,19-20H,3,6-11,13-15H2,1H3,(H2,23,28)(H,24,29). The molecule has 2 heterocycles. The summed E-state index contributed by atoms with van der Waals surface area (Å²) in [5, 5.41) is 3.05. The minimum Gasteiger partial charge on any atom is -0.369 e. The van der Waals surface area contributed by atoms with Crippen LogP contribution < -0.4 is 11.1 Å². The van der Waals surface area contributed by atoms with Gasteiger partial charge in [-0.3, -0.25) is 19.3 Å². The Morgan fingerprint density at radius 3 is 2.48 bits per heavy atom. The lowest BCUT2D eigenvalue weighted by atomic mass is 9.95. The number of nitrogens with two attached hydrogens (primary N) is 1. The van der Waals surface area contributed by atoms with Crippen LogP contribution >= 0.6 is 0 Å². The fourth-order valence-corrected chi connectivity index (χ4v) is 4.32. The van der Waals surface area contributed by atoms with Gasteiger partial charge in [-0.05, 0) is 43.4 Å². The second-order valence-corrected chi connectivity index (χ2v) is 8.29. The van der Waals surface area contributed by atoms with E-state index < -0.39 is 0 Å². The third kappa shape index (κ3) is 6.03. The molecule has 3 amide bonds. The van der Waals surface area contributed by atoms with Gasteiger partial charge in [0.05, 0.1) is 5.92 Å². The summed E-state index contributed by atoms with van der Waals surface area (Å²) in [6, 6.07) is 8.23. The van der Waals surface area contributed by atoms with Crippen molar-refractivity contribution in [1.82, 2.24) is 15.1 Å². The summed E-state index contributed by atoms with van der Waals surface area (Å²) in [7, 11) is 0. The van der Waals surface area contributed by atoms with Crippen molar-refractivity contribution >= 4 is 17.7 Å². The Bertz CT molecular complexity index is 743. The van der Waals surface area contributed by atoms with Crippen molar-refractivity contribution in [2.24, 2.45) is 17.6 Å². The van der Waals surface area contributed by atoms with Gasteiger partial charge in [0.15, 0.2) is 0 Å². The molecule has 2 saturated heterocycles. The molecule has 3 N–H and O–H groups in total. The van der Waals surface area contributed by atoms with Gasteiger partial charge in [-0.15, -0.1) is 0 Å². The summed E-state index contributed by atoms with van der Waals surface area (Å²) in [4.78, 5) is 39.4. The van der Waals surface area contributed by atoms with Crippen molar-refractivity contribution in [3.05, 3.63) is 35.4 Å². The first-order valence-electron chi connectivity index (χ1n) is 10.5. The molecule has 7 heteroatoms. The summed E-state index contributed by atoms with van der Waals surface area (Å²) in [5.74, 6) is -0.135. The molecule has 1 aromatic carbocycles. The van der Waals surface area contributed by atoms with E-state index in [-0.39, 0.29) is 29.6 Å². The van der Waals surface area contributed by atoms with E-state index in [0.717, 1.165) is 50.9 Å². The third-order valence-corrected chi connectivity index (χ3v) is 6.08. The van der Waals surface area contributed by atoms with Crippen LogP contribution in [0.5, 0.6) is 0 Å².